The highest BCUT2D eigenvalue weighted by atomic mass is 127. The van der Waals surface area contributed by atoms with Crippen molar-refractivity contribution in [3.63, 3.8) is 0 Å². The monoisotopic (exact) mass is 352 g/mol. The molecule has 0 heterocycles. The van der Waals surface area contributed by atoms with Gasteiger partial charge in [-0.1, -0.05) is 18.5 Å². The lowest BCUT2D eigenvalue weighted by atomic mass is 10.3. The molecule has 1 aromatic rings. The minimum absolute atomic E-state index is 0.0150. The maximum absolute atomic E-state index is 11.5. The van der Waals surface area contributed by atoms with Gasteiger partial charge in [0.25, 0.3) is 0 Å². The number of carbonyl (C=O) groups is 1. The minimum atomic E-state index is 0.0150. The zero-order valence-corrected chi connectivity index (χ0v) is 11.9. The SMILES string of the molecule is CCNCCC(=O)Nc1ccc(Cl)cc1I. The van der Waals surface area contributed by atoms with Crippen molar-refractivity contribution in [1.82, 2.24) is 5.32 Å². The fourth-order valence-corrected chi connectivity index (χ4v) is 2.19. The Bertz CT molecular complexity index is 371. The summed E-state index contributed by atoms with van der Waals surface area (Å²) in [7, 11) is 0. The Morgan fingerprint density at radius 1 is 1.50 bits per heavy atom. The van der Waals surface area contributed by atoms with E-state index in [0.29, 0.717) is 18.0 Å². The summed E-state index contributed by atoms with van der Waals surface area (Å²) in [5.74, 6) is 0.0150. The Morgan fingerprint density at radius 2 is 2.25 bits per heavy atom. The first-order valence-electron chi connectivity index (χ1n) is 5.09. The van der Waals surface area contributed by atoms with Gasteiger partial charge < -0.3 is 10.6 Å². The summed E-state index contributed by atoms with van der Waals surface area (Å²) < 4.78 is 0.946. The quantitative estimate of drug-likeness (QED) is 0.632. The lowest BCUT2D eigenvalue weighted by Crippen LogP contribution is -2.21. The van der Waals surface area contributed by atoms with Crippen molar-refractivity contribution in [3.8, 4) is 0 Å². The normalized spacial score (nSPS) is 10.2. The zero-order chi connectivity index (χ0) is 12.0. The molecular weight excluding hydrogens is 338 g/mol. The number of rotatable bonds is 5. The summed E-state index contributed by atoms with van der Waals surface area (Å²) in [6.45, 7) is 3.60. The van der Waals surface area contributed by atoms with Crippen LogP contribution in [-0.4, -0.2) is 19.0 Å². The van der Waals surface area contributed by atoms with Crippen molar-refractivity contribution in [2.24, 2.45) is 0 Å². The molecule has 16 heavy (non-hydrogen) atoms. The molecule has 0 saturated carbocycles. The second-order valence-electron chi connectivity index (χ2n) is 3.28. The summed E-state index contributed by atoms with van der Waals surface area (Å²) in [6.07, 6.45) is 0.479. The molecule has 0 atom stereocenters. The number of hydrogen-bond donors (Lipinski definition) is 2. The molecule has 1 rings (SSSR count). The van der Waals surface area contributed by atoms with E-state index in [2.05, 4.69) is 33.2 Å². The van der Waals surface area contributed by atoms with Crippen LogP contribution in [0.3, 0.4) is 0 Å². The van der Waals surface area contributed by atoms with Crippen molar-refractivity contribution in [1.29, 1.82) is 0 Å². The summed E-state index contributed by atoms with van der Waals surface area (Å²) in [5, 5.41) is 6.63. The van der Waals surface area contributed by atoms with Crippen LogP contribution in [0.1, 0.15) is 13.3 Å². The topological polar surface area (TPSA) is 41.1 Å². The molecule has 0 aliphatic rings. The Morgan fingerprint density at radius 3 is 2.88 bits per heavy atom. The lowest BCUT2D eigenvalue weighted by molar-refractivity contribution is -0.116. The molecule has 88 valence electrons. The summed E-state index contributed by atoms with van der Waals surface area (Å²) in [5.41, 5.74) is 0.812. The van der Waals surface area contributed by atoms with E-state index >= 15 is 0 Å². The first-order chi connectivity index (χ1) is 7.63. The maximum Gasteiger partial charge on any atom is 0.225 e. The molecule has 0 aliphatic carbocycles. The molecule has 1 amide bonds. The molecule has 1 aromatic carbocycles. The molecule has 5 heteroatoms. The van der Waals surface area contributed by atoms with Gasteiger partial charge in [-0.2, -0.15) is 0 Å². The van der Waals surface area contributed by atoms with Gasteiger partial charge in [0, 0.05) is 21.6 Å². The molecule has 0 unspecified atom stereocenters. The second-order valence-corrected chi connectivity index (χ2v) is 4.87. The largest absolute Gasteiger partial charge is 0.325 e. The van der Waals surface area contributed by atoms with Gasteiger partial charge in [0.1, 0.15) is 0 Å². The van der Waals surface area contributed by atoms with Crippen molar-refractivity contribution in [2.45, 2.75) is 13.3 Å². The molecule has 0 saturated heterocycles. The smallest absolute Gasteiger partial charge is 0.225 e. The number of anilines is 1. The average molecular weight is 353 g/mol. The number of benzene rings is 1. The van der Waals surface area contributed by atoms with Crippen LogP contribution in [0.15, 0.2) is 18.2 Å². The van der Waals surface area contributed by atoms with Gasteiger partial charge in [-0.25, -0.2) is 0 Å². The molecule has 0 aliphatic heterocycles. The number of amides is 1. The van der Waals surface area contributed by atoms with Crippen LogP contribution in [-0.2, 0) is 4.79 Å². The second kappa shape index (κ2) is 7.09. The molecule has 3 nitrogen and oxygen atoms in total. The van der Waals surface area contributed by atoms with Crippen LogP contribution in [0, 0.1) is 3.57 Å². The zero-order valence-electron chi connectivity index (χ0n) is 9.02. The van der Waals surface area contributed by atoms with E-state index in [1.54, 1.807) is 6.07 Å². The van der Waals surface area contributed by atoms with E-state index in [1.807, 2.05) is 19.1 Å². The van der Waals surface area contributed by atoms with Gasteiger partial charge in [-0.05, 0) is 47.3 Å². The fourth-order valence-electron chi connectivity index (χ4n) is 1.18. The fraction of sp³-hybridized carbons (Fsp3) is 0.364. The molecular formula is C11H14ClIN2O. The third-order valence-electron chi connectivity index (χ3n) is 1.98. The van der Waals surface area contributed by atoms with Crippen LogP contribution in [0.2, 0.25) is 5.02 Å². The molecule has 0 fully saturated rings. The number of halogens is 2. The predicted molar refractivity (Wildman–Crippen MR) is 76.0 cm³/mol. The van der Waals surface area contributed by atoms with Crippen molar-refractivity contribution < 1.29 is 4.79 Å². The van der Waals surface area contributed by atoms with E-state index in [1.165, 1.54) is 0 Å². The highest BCUT2D eigenvalue weighted by Gasteiger charge is 2.05. The number of carbonyl (C=O) groups excluding carboxylic acids is 1. The first-order valence-corrected chi connectivity index (χ1v) is 6.54. The highest BCUT2D eigenvalue weighted by molar-refractivity contribution is 14.1. The third-order valence-corrected chi connectivity index (χ3v) is 3.11. The van der Waals surface area contributed by atoms with Crippen LogP contribution in [0.5, 0.6) is 0 Å². The van der Waals surface area contributed by atoms with E-state index < -0.39 is 0 Å². The van der Waals surface area contributed by atoms with Crippen LogP contribution in [0.4, 0.5) is 5.69 Å². The molecule has 2 N–H and O–H groups in total. The predicted octanol–water partition coefficient (Wildman–Crippen LogP) is 2.88. The third kappa shape index (κ3) is 4.67. The van der Waals surface area contributed by atoms with E-state index in [-0.39, 0.29) is 5.91 Å². The Balaban J connectivity index is 2.49. The average Bonchev–Trinajstić information content (AvgIpc) is 2.23. The Labute approximate surface area is 114 Å². The van der Waals surface area contributed by atoms with Gasteiger partial charge in [-0.15, -0.1) is 0 Å². The van der Waals surface area contributed by atoms with Crippen molar-refractivity contribution in [2.75, 3.05) is 18.4 Å². The molecule has 0 bridgehead atoms. The van der Waals surface area contributed by atoms with Crippen molar-refractivity contribution in [3.05, 3.63) is 26.8 Å². The van der Waals surface area contributed by atoms with Gasteiger partial charge in [0.05, 0.1) is 5.69 Å². The summed E-state index contributed by atoms with van der Waals surface area (Å²) >= 11 is 7.98. The Hall–Kier alpha value is -0.330. The molecule has 0 spiro atoms. The molecule has 0 aromatic heterocycles. The first kappa shape index (κ1) is 13.7. The van der Waals surface area contributed by atoms with Gasteiger partial charge in [0.15, 0.2) is 0 Å². The summed E-state index contributed by atoms with van der Waals surface area (Å²) in [4.78, 5) is 11.5. The number of nitrogens with one attached hydrogen (secondary N) is 2. The standard InChI is InChI=1S/C11H14ClIN2O/c1-2-14-6-5-11(16)15-10-4-3-8(12)7-9(10)13/h3-4,7,14H,2,5-6H2,1H3,(H,15,16). The van der Waals surface area contributed by atoms with Crippen LogP contribution in [0.25, 0.3) is 0 Å². The van der Waals surface area contributed by atoms with Gasteiger partial charge in [-0.3, -0.25) is 4.79 Å². The highest BCUT2D eigenvalue weighted by Crippen LogP contribution is 2.22. The summed E-state index contributed by atoms with van der Waals surface area (Å²) in [6, 6.07) is 5.40. The maximum atomic E-state index is 11.5. The van der Waals surface area contributed by atoms with Crippen LogP contribution >= 0.6 is 34.2 Å². The number of hydrogen-bond acceptors (Lipinski definition) is 2. The van der Waals surface area contributed by atoms with Crippen LogP contribution < -0.4 is 10.6 Å². The van der Waals surface area contributed by atoms with E-state index in [9.17, 15) is 4.79 Å². The van der Waals surface area contributed by atoms with E-state index in [0.717, 1.165) is 15.8 Å². The van der Waals surface area contributed by atoms with Crippen molar-refractivity contribution >= 4 is 45.8 Å². The molecule has 0 radical (unpaired) electrons. The van der Waals surface area contributed by atoms with Gasteiger partial charge in [0.2, 0.25) is 5.91 Å². The Kier molecular flexibility index (Phi) is 6.08. The lowest BCUT2D eigenvalue weighted by Gasteiger charge is -2.07. The van der Waals surface area contributed by atoms with Gasteiger partial charge >= 0.3 is 0 Å². The minimum Gasteiger partial charge on any atom is -0.325 e. The van der Waals surface area contributed by atoms with E-state index in [4.69, 9.17) is 11.6 Å².